The highest BCUT2D eigenvalue weighted by Crippen LogP contribution is 2.34. The zero-order valence-corrected chi connectivity index (χ0v) is 18.0. The van der Waals surface area contributed by atoms with Crippen LogP contribution in [0.3, 0.4) is 0 Å². The van der Waals surface area contributed by atoms with Crippen molar-refractivity contribution in [2.45, 2.75) is 29.4 Å². The summed E-state index contributed by atoms with van der Waals surface area (Å²) in [6.45, 7) is 2.58. The largest absolute Gasteiger partial charge is 0.338 e. The highest BCUT2D eigenvalue weighted by atomic mass is 32.2. The van der Waals surface area contributed by atoms with E-state index >= 15 is 0 Å². The molecule has 7 heteroatoms. The molecule has 2 aliphatic heterocycles. The number of thioether (sulfide) groups is 1. The molecule has 2 heterocycles. The van der Waals surface area contributed by atoms with Gasteiger partial charge in [0.15, 0.2) is 0 Å². The van der Waals surface area contributed by atoms with Gasteiger partial charge < -0.3 is 4.90 Å². The van der Waals surface area contributed by atoms with E-state index in [1.54, 1.807) is 24.3 Å². The molecule has 0 spiro atoms. The Kier molecular flexibility index (Phi) is 6.27. The van der Waals surface area contributed by atoms with Gasteiger partial charge in [-0.1, -0.05) is 30.3 Å². The molecule has 0 N–H and O–H groups in total. The SMILES string of the molecule is O=C(c1ccc(S(=O)(=O)N2CCCC2)cc1)N1CCSC(c2ccccc2)CC1. The molecule has 4 rings (SSSR count). The molecule has 154 valence electrons. The second-order valence-electron chi connectivity index (χ2n) is 7.49. The standard InChI is InChI=1S/C22H26N2O3S2/c25-22(23-15-12-21(28-17-16-23)18-6-2-1-3-7-18)19-8-10-20(11-9-19)29(26,27)24-13-4-5-14-24/h1-3,6-11,21H,4-5,12-17H2. The number of benzene rings is 2. The van der Waals surface area contributed by atoms with Crippen LogP contribution in [0.15, 0.2) is 59.5 Å². The Morgan fingerprint density at radius 1 is 0.897 bits per heavy atom. The van der Waals surface area contributed by atoms with Crippen molar-refractivity contribution >= 4 is 27.7 Å². The molecule has 1 atom stereocenters. The molecule has 29 heavy (non-hydrogen) atoms. The van der Waals surface area contributed by atoms with Crippen molar-refractivity contribution in [2.75, 3.05) is 31.9 Å². The van der Waals surface area contributed by atoms with Crippen LogP contribution in [-0.2, 0) is 10.0 Å². The number of carbonyl (C=O) groups excluding carboxylic acids is 1. The molecule has 5 nitrogen and oxygen atoms in total. The van der Waals surface area contributed by atoms with Crippen molar-refractivity contribution in [2.24, 2.45) is 0 Å². The molecule has 1 unspecified atom stereocenters. The third kappa shape index (κ3) is 4.52. The first-order chi connectivity index (χ1) is 14.1. The summed E-state index contributed by atoms with van der Waals surface area (Å²) in [6.07, 6.45) is 2.74. The smallest absolute Gasteiger partial charge is 0.253 e. The molecule has 0 radical (unpaired) electrons. The summed E-state index contributed by atoms with van der Waals surface area (Å²) in [6, 6.07) is 16.9. The fourth-order valence-corrected chi connectivity index (χ4v) is 6.69. The van der Waals surface area contributed by atoms with Gasteiger partial charge in [0.05, 0.1) is 4.90 Å². The summed E-state index contributed by atoms with van der Waals surface area (Å²) in [5, 5.41) is 0.405. The Morgan fingerprint density at radius 3 is 2.28 bits per heavy atom. The normalized spacial score (nSPS) is 21.1. The third-order valence-electron chi connectivity index (χ3n) is 5.60. The van der Waals surface area contributed by atoms with Crippen molar-refractivity contribution in [1.29, 1.82) is 0 Å². The van der Waals surface area contributed by atoms with Crippen LogP contribution < -0.4 is 0 Å². The summed E-state index contributed by atoms with van der Waals surface area (Å²) < 4.78 is 26.9. The van der Waals surface area contributed by atoms with Crippen LogP contribution in [0.5, 0.6) is 0 Å². The van der Waals surface area contributed by atoms with Gasteiger partial charge in [0.2, 0.25) is 10.0 Å². The minimum Gasteiger partial charge on any atom is -0.338 e. The van der Waals surface area contributed by atoms with E-state index in [1.807, 2.05) is 22.7 Å². The Hall–Kier alpha value is -1.83. The van der Waals surface area contributed by atoms with E-state index in [0.29, 0.717) is 37.0 Å². The summed E-state index contributed by atoms with van der Waals surface area (Å²) in [5.41, 5.74) is 1.86. The van der Waals surface area contributed by atoms with E-state index in [0.717, 1.165) is 25.0 Å². The molecule has 0 saturated carbocycles. The monoisotopic (exact) mass is 430 g/mol. The lowest BCUT2D eigenvalue weighted by Crippen LogP contribution is -2.33. The van der Waals surface area contributed by atoms with Crippen molar-refractivity contribution in [3.05, 3.63) is 65.7 Å². The van der Waals surface area contributed by atoms with Gasteiger partial charge >= 0.3 is 0 Å². The maximum absolute atomic E-state index is 13.0. The van der Waals surface area contributed by atoms with Gasteiger partial charge in [-0.15, -0.1) is 0 Å². The van der Waals surface area contributed by atoms with Gasteiger partial charge in [-0.05, 0) is 49.1 Å². The van der Waals surface area contributed by atoms with E-state index in [4.69, 9.17) is 0 Å². The molecular weight excluding hydrogens is 404 g/mol. The Labute approximate surface area is 177 Å². The van der Waals surface area contributed by atoms with Crippen LogP contribution >= 0.6 is 11.8 Å². The van der Waals surface area contributed by atoms with E-state index in [-0.39, 0.29) is 10.8 Å². The number of hydrogen-bond acceptors (Lipinski definition) is 4. The lowest BCUT2D eigenvalue weighted by atomic mass is 10.1. The minimum absolute atomic E-state index is 0.0237. The Bertz CT molecular complexity index is 940. The molecule has 2 aromatic carbocycles. The summed E-state index contributed by atoms with van der Waals surface area (Å²) in [7, 11) is -3.44. The zero-order valence-electron chi connectivity index (χ0n) is 16.4. The number of carbonyl (C=O) groups is 1. The van der Waals surface area contributed by atoms with E-state index in [1.165, 1.54) is 9.87 Å². The Morgan fingerprint density at radius 2 is 1.59 bits per heavy atom. The second-order valence-corrected chi connectivity index (χ2v) is 10.7. The summed E-state index contributed by atoms with van der Waals surface area (Å²) in [5.74, 6) is 0.872. The van der Waals surface area contributed by atoms with Gasteiger partial charge in [-0.2, -0.15) is 16.1 Å². The number of nitrogens with zero attached hydrogens (tertiary/aromatic N) is 2. The van der Waals surface area contributed by atoms with Crippen LogP contribution in [0.2, 0.25) is 0 Å². The fourth-order valence-electron chi connectivity index (χ4n) is 3.94. The summed E-state index contributed by atoms with van der Waals surface area (Å²) in [4.78, 5) is 15.1. The molecule has 0 bridgehead atoms. The molecule has 2 fully saturated rings. The van der Waals surface area contributed by atoms with Crippen molar-refractivity contribution in [3.8, 4) is 0 Å². The molecule has 2 aliphatic rings. The lowest BCUT2D eigenvalue weighted by Gasteiger charge is -2.21. The number of hydrogen-bond donors (Lipinski definition) is 0. The molecule has 1 amide bonds. The van der Waals surface area contributed by atoms with E-state index in [2.05, 4.69) is 24.3 Å². The molecule has 2 saturated heterocycles. The number of rotatable bonds is 4. The molecule has 0 aliphatic carbocycles. The minimum atomic E-state index is -3.44. The first-order valence-corrected chi connectivity index (χ1v) is 12.6. The van der Waals surface area contributed by atoms with Crippen molar-refractivity contribution < 1.29 is 13.2 Å². The highest BCUT2D eigenvalue weighted by Gasteiger charge is 2.28. The molecular formula is C22H26N2O3S2. The average Bonchev–Trinajstić information content (AvgIpc) is 3.20. The average molecular weight is 431 g/mol. The number of amides is 1. The lowest BCUT2D eigenvalue weighted by molar-refractivity contribution is 0.0766. The Balaban J connectivity index is 1.43. The van der Waals surface area contributed by atoms with Gasteiger partial charge in [-0.3, -0.25) is 4.79 Å². The van der Waals surface area contributed by atoms with Crippen LogP contribution in [-0.4, -0.2) is 55.5 Å². The van der Waals surface area contributed by atoms with Crippen LogP contribution in [0.4, 0.5) is 0 Å². The first-order valence-electron chi connectivity index (χ1n) is 10.1. The van der Waals surface area contributed by atoms with E-state index < -0.39 is 10.0 Å². The predicted octanol–water partition coefficient (Wildman–Crippen LogP) is 3.79. The quantitative estimate of drug-likeness (QED) is 0.741. The van der Waals surface area contributed by atoms with Crippen molar-refractivity contribution in [1.82, 2.24) is 9.21 Å². The first kappa shape index (κ1) is 20.4. The topological polar surface area (TPSA) is 57.7 Å². The van der Waals surface area contributed by atoms with Gasteiger partial charge in [-0.25, -0.2) is 8.42 Å². The second kappa shape index (κ2) is 8.90. The van der Waals surface area contributed by atoms with Crippen LogP contribution in [0.25, 0.3) is 0 Å². The van der Waals surface area contributed by atoms with Gasteiger partial charge in [0, 0.05) is 42.7 Å². The number of sulfonamides is 1. The van der Waals surface area contributed by atoms with Gasteiger partial charge in [0.1, 0.15) is 0 Å². The molecule has 0 aromatic heterocycles. The maximum atomic E-state index is 13.0. The zero-order chi connectivity index (χ0) is 20.3. The molecule has 2 aromatic rings. The maximum Gasteiger partial charge on any atom is 0.253 e. The fraction of sp³-hybridized carbons (Fsp3) is 0.409. The van der Waals surface area contributed by atoms with E-state index in [9.17, 15) is 13.2 Å². The third-order valence-corrected chi connectivity index (χ3v) is 8.85. The summed E-state index contributed by atoms with van der Waals surface area (Å²) >= 11 is 1.89. The highest BCUT2D eigenvalue weighted by molar-refractivity contribution is 7.99. The van der Waals surface area contributed by atoms with Crippen LogP contribution in [0.1, 0.15) is 40.4 Å². The van der Waals surface area contributed by atoms with Gasteiger partial charge in [0.25, 0.3) is 5.91 Å². The predicted molar refractivity (Wildman–Crippen MR) is 117 cm³/mol. The van der Waals surface area contributed by atoms with Crippen molar-refractivity contribution in [3.63, 3.8) is 0 Å². The van der Waals surface area contributed by atoms with Crippen LogP contribution in [0, 0.1) is 0 Å².